The monoisotopic (exact) mass is 160 g/mol. The summed E-state index contributed by atoms with van der Waals surface area (Å²) in [4.78, 5) is 0. The summed E-state index contributed by atoms with van der Waals surface area (Å²) < 4.78 is 10.4. The molecule has 0 saturated carbocycles. The van der Waals surface area contributed by atoms with Crippen LogP contribution >= 0.6 is 0 Å². The fraction of sp³-hybridized carbons (Fsp3) is 1.00. The van der Waals surface area contributed by atoms with Crippen LogP contribution in [0.15, 0.2) is 0 Å². The lowest BCUT2D eigenvalue weighted by molar-refractivity contribution is -0.0545. The SMILES string of the molecule is CNN1CCOC[C@@H]1COC. The van der Waals surface area contributed by atoms with E-state index in [-0.39, 0.29) is 0 Å². The number of methoxy groups -OCH3 is 1. The van der Waals surface area contributed by atoms with Gasteiger partial charge in [0.25, 0.3) is 0 Å². The van der Waals surface area contributed by atoms with Crippen LogP contribution in [0.4, 0.5) is 0 Å². The zero-order valence-electron chi connectivity index (χ0n) is 7.17. The van der Waals surface area contributed by atoms with Crippen LogP contribution in [0.5, 0.6) is 0 Å². The molecule has 4 heteroatoms. The molecular formula is C7H16N2O2. The number of ether oxygens (including phenoxy) is 2. The van der Waals surface area contributed by atoms with E-state index in [9.17, 15) is 0 Å². The van der Waals surface area contributed by atoms with Gasteiger partial charge in [0, 0.05) is 13.7 Å². The lowest BCUT2D eigenvalue weighted by atomic mass is 10.3. The number of hydrogen-bond acceptors (Lipinski definition) is 4. The normalized spacial score (nSPS) is 27.3. The van der Waals surface area contributed by atoms with Crippen LogP contribution in [0.25, 0.3) is 0 Å². The van der Waals surface area contributed by atoms with Crippen molar-refractivity contribution in [2.24, 2.45) is 0 Å². The van der Waals surface area contributed by atoms with Crippen molar-refractivity contribution in [1.82, 2.24) is 10.4 Å². The molecule has 1 aliphatic heterocycles. The Morgan fingerprint density at radius 2 is 2.55 bits per heavy atom. The van der Waals surface area contributed by atoms with Gasteiger partial charge in [-0.3, -0.25) is 5.43 Å². The molecule has 0 spiro atoms. The first-order valence-corrected chi connectivity index (χ1v) is 3.89. The summed E-state index contributed by atoms with van der Waals surface area (Å²) in [5.41, 5.74) is 3.11. The number of hydrazine groups is 1. The number of morpholine rings is 1. The molecule has 1 aliphatic rings. The first-order chi connectivity index (χ1) is 5.38. The molecule has 1 heterocycles. The molecule has 1 fully saturated rings. The molecule has 1 saturated heterocycles. The summed E-state index contributed by atoms with van der Waals surface area (Å²) in [5, 5.41) is 2.15. The maximum absolute atomic E-state index is 5.31. The molecule has 0 aromatic carbocycles. The minimum atomic E-state index is 0.360. The third-order valence-electron chi connectivity index (χ3n) is 1.87. The summed E-state index contributed by atoms with van der Waals surface area (Å²) >= 11 is 0. The number of nitrogens with zero attached hydrogens (tertiary/aromatic N) is 1. The van der Waals surface area contributed by atoms with Crippen molar-refractivity contribution in [3.8, 4) is 0 Å². The van der Waals surface area contributed by atoms with Crippen molar-refractivity contribution in [2.45, 2.75) is 6.04 Å². The lowest BCUT2D eigenvalue weighted by Gasteiger charge is -2.34. The second-order valence-electron chi connectivity index (χ2n) is 2.60. The standard InChI is InChI=1S/C7H16N2O2/c1-8-9-3-4-11-6-7(9)5-10-2/h7-8H,3-6H2,1-2H3/t7-/m0/s1. The minimum absolute atomic E-state index is 0.360. The van der Waals surface area contributed by atoms with Crippen molar-refractivity contribution in [3.05, 3.63) is 0 Å². The first-order valence-electron chi connectivity index (χ1n) is 3.89. The third kappa shape index (κ3) is 2.41. The average Bonchev–Trinajstić information content (AvgIpc) is 2.06. The Balaban J connectivity index is 2.31. The first kappa shape index (κ1) is 8.93. The molecule has 66 valence electrons. The Morgan fingerprint density at radius 1 is 1.73 bits per heavy atom. The van der Waals surface area contributed by atoms with Gasteiger partial charge in [0.2, 0.25) is 0 Å². The molecule has 0 aromatic heterocycles. The third-order valence-corrected chi connectivity index (χ3v) is 1.87. The number of rotatable bonds is 3. The smallest absolute Gasteiger partial charge is 0.0711 e. The van der Waals surface area contributed by atoms with Crippen molar-refractivity contribution < 1.29 is 9.47 Å². The van der Waals surface area contributed by atoms with E-state index in [1.165, 1.54) is 0 Å². The number of hydrogen-bond donors (Lipinski definition) is 1. The summed E-state index contributed by atoms with van der Waals surface area (Å²) in [5.74, 6) is 0. The summed E-state index contributed by atoms with van der Waals surface area (Å²) in [6, 6.07) is 0.360. The second kappa shape index (κ2) is 4.66. The molecule has 0 bridgehead atoms. The Kier molecular flexibility index (Phi) is 3.79. The maximum atomic E-state index is 5.31. The quantitative estimate of drug-likeness (QED) is 0.601. The van der Waals surface area contributed by atoms with Gasteiger partial charge in [0.05, 0.1) is 25.9 Å². The highest BCUT2D eigenvalue weighted by molar-refractivity contribution is 4.70. The van der Waals surface area contributed by atoms with Gasteiger partial charge in [-0.05, 0) is 7.05 Å². The van der Waals surface area contributed by atoms with Crippen molar-refractivity contribution in [2.75, 3.05) is 40.5 Å². The minimum Gasteiger partial charge on any atom is -0.383 e. The molecule has 0 aliphatic carbocycles. The van der Waals surface area contributed by atoms with Crippen molar-refractivity contribution in [1.29, 1.82) is 0 Å². The van der Waals surface area contributed by atoms with Gasteiger partial charge in [-0.1, -0.05) is 0 Å². The average molecular weight is 160 g/mol. The van der Waals surface area contributed by atoms with Gasteiger partial charge in [-0.2, -0.15) is 0 Å². The molecule has 0 unspecified atom stereocenters. The predicted octanol–water partition coefficient (Wildman–Crippen LogP) is -0.532. The van der Waals surface area contributed by atoms with Gasteiger partial charge < -0.3 is 9.47 Å². The Hall–Kier alpha value is -0.160. The lowest BCUT2D eigenvalue weighted by Crippen LogP contribution is -2.53. The van der Waals surface area contributed by atoms with E-state index in [1.807, 2.05) is 7.05 Å². The maximum Gasteiger partial charge on any atom is 0.0711 e. The molecule has 1 N–H and O–H groups in total. The fourth-order valence-electron chi connectivity index (χ4n) is 1.28. The van der Waals surface area contributed by atoms with Crippen LogP contribution in [0, 0.1) is 0 Å². The van der Waals surface area contributed by atoms with Crippen molar-refractivity contribution in [3.63, 3.8) is 0 Å². The zero-order chi connectivity index (χ0) is 8.10. The van der Waals surface area contributed by atoms with E-state index >= 15 is 0 Å². The van der Waals surface area contributed by atoms with E-state index in [4.69, 9.17) is 9.47 Å². The van der Waals surface area contributed by atoms with E-state index in [1.54, 1.807) is 7.11 Å². The largest absolute Gasteiger partial charge is 0.383 e. The molecule has 1 atom stereocenters. The van der Waals surface area contributed by atoms with Crippen LogP contribution in [0.1, 0.15) is 0 Å². The van der Waals surface area contributed by atoms with Gasteiger partial charge in [-0.15, -0.1) is 0 Å². The zero-order valence-corrected chi connectivity index (χ0v) is 7.17. The van der Waals surface area contributed by atoms with Gasteiger partial charge in [0.1, 0.15) is 0 Å². The summed E-state index contributed by atoms with van der Waals surface area (Å²) in [6.45, 7) is 3.22. The predicted molar refractivity (Wildman–Crippen MR) is 42.2 cm³/mol. The molecule has 11 heavy (non-hydrogen) atoms. The topological polar surface area (TPSA) is 33.7 Å². The van der Waals surface area contributed by atoms with Gasteiger partial charge >= 0.3 is 0 Å². The van der Waals surface area contributed by atoms with Crippen molar-refractivity contribution >= 4 is 0 Å². The highest BCUT2D eigenvalue weighted by atomic mass is 16.5. The second-order valence-corrected chi connectivity index (χ2v) is 2.60. The molecule has 4 nitrogen and oxygen atoms in total. The van der Waals surface area contributed by atoms with Gasteiger partial charge in [-0.25, -0.2) is 5.01 Å². The molecule has 0 aromatic rings. The fourth-order valence-corrected chi connectivity index (χ4v) is 1.28. The highest BCUT2D eigenvalue weighted by Crippen LogP contribution is 2.02. The van der Waals surface area contributed by atoms with E-state index < -0.39 is 0 Å². The number of nitrogens with one attached hydrogen (secondary N) is 1. The highest BCUT2D eigenvalue weighted by Gasteiger charge is 2.20. The van der Waals surface area contributed by atoms with E-state index in [2.05, 4.69) is 10.4 Å². The molecule has 0 amide bonds. The van der Waals surface area contributed by atoms with E-state index in [0.29, 0.717) is 6.04 Å². The molecule has 1 rings (SSSR count). The van der Waals surface area contributed by atoms with Crippen LogP contribution in [-0.4, -0.2) is 51.6 Å². The Labute approximate surface area is 67.4 Å². The summed E-state index contributed by atoms with van der Waals surface area (Å²) in [7, 11) is 3.64. The molecular weight excluding hydrogens is 144 g/mol. The van der Waals surface area contributed by atoms with Crippen LogP contribution in [0.2, 0.25) is 0 Å². The Morgan fingerprint density at radius 3 is 3.18 bits per heavy atom. The Bertz CT molecular complexity index is 109. The summed E-state index contributed by atoms with van der Waals surface area (Å²) in [6.07, 6.45) is 0. The molecule has 0 radical (unpaired) electrons. The van der Waals surface area contributed by atoms with Crippen LogP contribution in [0.3, 0.4) is 0 Å². The van der Waals surface area contributed by atoms with Crippen LogP contribution < -0.4 is 5.43 Å². The van der Waals surface area contributed by atoms with Crippen LogP contribution in [-0.2, 0) is 9.47 Å². The van der Waals surface area contributed by atoms with E-state index in [0.717, 1.165) is 26.4 Å². The van der Waals surface area contributed by atoms with Gasteiger partial charge in [0.15, 0.2) is 0 Å².